The van der Waals surface area contributed by atoms with Gasteiger partial charge < -0.3 is 0 Å². The first-order chi connectivity index (χ1) is 21.8. The van der Waals surface area contributed by atoms with Crippen molar-refractivity contribution in [1.82, 2.24) is 9.97 Å². The normalized spacial score (nSPS) is 12.5. The van der Waals surface area contributed by atoms with Crippen LogP contribution in [0.25, 0.3) is 75.0 Å². The average Bonchev–Trinajstić information content (AvgIpc) is 3.46. The molecule has 0 saturated carbocycles. The highest BCUT2D eigenvalue weighted by molar-refractivity contribution is 7.25. The minimum Gasteiger partial charge on any atom is -0.277 e. The fourth-order valence-electron chi connectivity index (χ4n) is 7.03. The molecule has 0 fully saturated rings. The Morgan fingerprint density at radius 3 is 2.18 bits per heavy atom. The van der Waals surface area contributed by atoms with Crippen molar-refractivity contribution in [3.63, 3.8) is 0 Å². The molecule has 2 aromatic heterocycles. The number of benzene rings is 7. The Labute approximate surface area is 257 Å². The lowest BCUT2D eigenvalue weighted by Crippen LogP contribution is -2.18. The summed E-state index contributed by atoms with van der Waals surface area (Å²) in [6.45, 7) is 0. The molecule has 3 heterocycles. The summed E-state index contributed by atoms with van der Waals surface area (Å²) in [4.78, 5) is 13.0. The SMILES string of the molecule is c1ccc2c3c(ccc2c1)-c1cccc2cccc(c12)N3c1nc(-c2ccc3sc4ccccc4c3c2)c2ccccc2n1. The van der Waals surface area contributed by atoms with Crippen molar-refractivity contribution in [3.05, 3.63) is 140 Å². The molecule has 0 bridgehead atoms. The maximum absolute atomic E-state index is 5.45. The van der Waals surface area contributed by atoms with Crippen LogP contribution < -0.4 is 4.90 Å². The van der Waals surface area contributed by atoms with Crippen molar-refractivity contribution in [3.8, 4) is 22.4 Å². The summed E-state index contributed by atoms with van der Waals surface area (Å²) < 4.78 is 2.59. The van der Waals surface area contributed by atoms with Crippen molar-refractivity contribution >= 4 is 81.3 Å². The number of rotatable bonds is 2. The molecule has 0 atom stereocenters. The zero-order chi connectivity index (χ0) is 28.8. The van der Waals surface area contributed by atoms with E-state index in [1.54, 1.807) is 0 Å². The molecule has 44 heavy (non-hydrogen) atoms. The predicted molar refractivity (Wildman–Crippen MR) is 187 cm³/mol. The van der Waals surface area contributed by atoms with Gasteiger partial charge in [0.15, 0.2) is 0 Å². The van der Waals surface area contributed by atoms with E-state index in [9.17, 15) is 0 Å². The van der Waals surface area contributed by atoms with Crippen LogP contribution in [-0.4, -0.2) is 9.97 Å². The minimum absolute atomic E-state index is 0.675. The zero-order valence-electron chi connectivity index (χ0n) is 23.5. The number of fused-ring (bicyclic) bond motifs is 8. The van der Waals surface area contributed by atoms with Gasteiger partial charge in [0.05, 0.1) is 22.6 Å². The van der Waals surface area contributed by atoms with Gasteiger partial charge in [0, 0.05) is 47.5 Å². The van der Waals surface area contributed by atoms with Crippen LogP contribution in [0.2, 0.25) is 0 Å². The van der Waals surface area contributed by atoms with E-state index in [1.807, 2.05) is 11.3 Å². The number of aromatic nitrogens is 2. The molecule has 204 valence electrons. The molecule has 1 aliphatic heterocycles. The lowest BCUT2D eigenvalue weighted by atomic mass is 9.89. The van der Waals surface area contributed by atoms with Crippen LogP contribution in [0.1, 0.15) is 0 Å². The van der Waals surface area contributed by atoms with E-state index in [2.05, 4.69) is 144 Å². The van der Waals surface area contributed by atoms with Gasteiger partial charge in [0.2, 0.25) is 5.95 Å². The molecule has 0 saturated heterocycles. The third-order valence-corrected chi connectivity index (χ3v) is 10.1. The van der Waals surface area contributed by atoms with Gasteiger partial charge in [0.1, 0.15) is 0 Å². The minimum atomic E-state index is 0.675. The van der Waals surface area contributed by atoms with Crippen LogP contribution >= 0.6 is 11.3 Å². The maximum atomic E-state index is 5.45. The van der Waals surface area contributed by atoms with Crippen molar-refractivity contribution in [1.29, 1.82) is 0 Å². The van der Waals surface area contributed by atoms with E-state index >= 15 is 0 Å². The molecule has 0 spiro atoms. The third kappa shape index (κ3) is 3.31. The van der Waals surface area contributed by atoms with Gasteiger partial charge in [-0.2, -0.15) is 0 Å². The van der Waals surface area contributed by atoms with Crippen LogP contribution in [0.3, 0.4) is 0 Å². The quantitative estimate of drug-likeness (QED) is 0.205. The molecule has 10 rings (SSSR count). The highest BCUT2D eigenvalue weighted by atomic mass is 32.1. The summed E-state index contributed by atoms with van der Waals surface area (Å²) in [6.07, 6.45) is 0. The van der Waals surface area contributed by atoms with E-state index in [-0.39, 0.29) is 0 Å². The summed E-state index contributed by atoms with van der Waals surface area (Å²) in [6, 6.07) is 50.0. The lowest BCUT2D eigenvalue weighted by Gasteiger charge is -2.33. The van der Waals surface area contributed by atoms with Crippen LogP contribution in [0.4, 0.5) is 17.3 Å². The highest BCUT2D eigenvalue weighted by Crippen LogP contribution is 2.53. The standard InChI is InChI=1S/C40H23N3S/c1-2-12-27-24(9-1)19-21-30-29-15-7-10-25-11-8-17-34(37(25)29)43(39(27)30)40-41-33-16-5-3-14-31(33)38(42-40)26-20-22-36-32(23-26)28-13-4-6-18-35(28)44-36/h1-23H. The number of para-hydroxylation sites is 1. The molecule has 0 radical (unpaired) electrons. The summed E-state index contributed by atoms with van der Waals surface area (Å²) in [5.74, 6) is 0.675. The molecule has 7 aromatic carbocycles. The van der Waals surface area contributed by atoms with E-state index < -0.39 is 0 Å². The molecule has 3 nitrogen and oxygen atoms in total. The summed E-state index contributed by atoms with van der Waals surface area (Å²) in [5, 5.41) is 8.40. The second-order valence-corrected chi connectivity index (χ2v) is 12.5. The van der Waals surface area contributed by atoms with Crippen LogP contribution in [0.5, 0.6) is 0 Å². The molecule has 0 amide bonds. The maximum Gasteiger partial charge on any atom is 0.235 e. The first kappa shape index (κ1) is 23.9. The Hall–Kier alpha value is -5.58. The number of nitrogens with zero attached hydrogens (tertiary/aromatic N) is 3. The molecule has 9 aromatic rings. The Balaban J connectivity index is 1.31. The zero-order valence-corrected chi connectivity index (χ0v) is 24.3. The van der Waals surface area contributed by atoms with E-state index in [0.717, 1.165) is 33.5 Å². The Morgan fingerprint density at radius 1 is 0.500 bits per heavy atom. The van der Waals surface area contributed by atoms with Gasteiger partial charge in [-0.15, -0.1) is 11.3 Å². The molecule has 0 aliphatic carbocycles. The van der Waals surface area contributed by atoms with Crippen LogP contribution in [0.15, 0.2) is 140 Å². The van der Waals surface area contributed by atoms with Gasteiger partial charge >= 0.3 is 0 Å². The summed E-state index contributed by atoms with van der Waals surface area (Å²) in [7, 11) is 0. The van der Waals surface area contributed by atoms with Crippen LogP contribution in [-0.2, 0) is 0 Å². The number of thiophene rings is 1. The van der Waals surface area contributed by atoms with Gasteiger partial charge in [0.25, 0.3) is 0 Å². The van der Waals surface area contributed by atoms with E-state index in [1.165, 1.54) is 52.8 Å². The fourth-order valence-corrected chi connectivity index (χ4v) is 8.12. The Morgan fingerprint density at radius 2 is 1.25 bits per heavy atom. The summed E-state index contributed by atoms with van der Waals surface area (Å²) in [5.41, 5.74) is 7.61. The Kier molecular flexibility index (Phi) is 4.87. The smallest absolute Gasteiger partial charge is 0.235 e. The number of hydrogen-bond donors (Lipinski definition) is 0. The van der Waals surface area contributed by atoms with E-state index in [0.29, 0.717) is 5.95 Å². The van der Waals surface area contributed by atoms with Gasteiger partial charge in [-0.3, -0.25) is 4.90 Å². The van der Waals surface area contributed by atoms with Crippen molar-refractivity contribution < 1.29 is 0 Å². The van der Waals surface area contributed by atoms with Gasteiger partial charge in [-0.1, -0.05) is 109 Å². The van der Waals surface area contributed by atoms with Crippen molar-refractivity contribution in [2.45, 2.75) is 0 Å². The largest absolute Gasteiger partial charge is 0.277 e. The molecular weight excluding hydrogens is 555 g/mol. The number of hydrogen-bond acceptors (Lipinski definition) is 4. The van der Waals surface area contributed by atoms with Crippen LogP contribution in [0, 0.1) is 0 Å². The van der Waals surface area contributed by atoms with Gasteiger partial charge in [-0.25, -0.2) is 9.97 Å². The third-order valence-electron chi connectivity index (χ3n) is 8.98. The van der Waals surface area contributed by atoms with E-state index in [4.69, 9.17) is 9.97 Å². The second-order valence-electron chi connectivity index (χ2n) is 11.4. The topological polar surface area (TPSA) is 29.0 Å². The van der Waals surface area contributed by atoms with Gasteiger partial charge in [-0.05, 0) is 46.7 Å². The molecule has 4 heteroatoms. The average molecular weight is 578 g/mol. The second kappa shape index (κ2) is 8.96. The summed E-state index contributed by atoms with van der Waals surface area (Å²) >= 11 is 1.84. The first-order valence-electron chi connectivity index (χ1n) is 14.8. The first-order valence-corrected chi connectivity index (χ1v) is 15.7. The highest BCUT2D eigenvalue weighted by Gasteiger charge is 2.30. The monoisotopic (exact) mass is 577 g/mol. The lowest BCUT2D eigenvalue weighted by molar-refractivity contribution is 1.12. The van der Waals surface area contributed by atoms with Crippen molar-refractivity contribution in [2.24, 2.45) is 0 Å². The molecule has 0 N–H and O–H groups in total. The van der Waals surface area contributed by atoms with Crippen molar-refractivity contribution in [2.75, 3.05) is 4.90 Å². The Bertz CT molecular complexity index is 2630. The predicted octanol–water partition coefficient (Wildman–Crippen LogP) is 11.4. The fraction of sp³-hybridized carbons (Fsp3) is 0. The molecule has 0 unspecified atom stereocenters. The molecule has 1 aliphatic rings. The molecular formula is C40H23N3S. The number of anilines is 3.